The molecule has 50 heavy (non-hydrogen) atoms. The van der Waals surface area contributed by atoms with Crippen LogP contribution in [-0.2, 0) is 38.5 Å². The molecule has 6 heteroatoms. The summed E-state index contributed by atoms with van der Waals surface area (Å²) in [5.74, 6) is -0.274. The molecule has 9 rings (SSSR count). The Morgan fingerprint density at radius 2 is 0.700 bits per heavy atom. The second-order valence-corrected chi connectivity index (χ2v) is 17.4. The van der Waals surface area contributed by atoms with Gasteiger partial charge in [-0.3, -0.25) is 9.59 Å². The minimum atomic E-state index is -0.159. The molecule has 0 fully saturated rings. The summed E-state index contributed by atoms with van der Waals surface area (Å²) in [6, 6.07) is 27.9. The van der Waals surface area contributed by atoms with Gasteiger partial charge in [-0.25, -0.2) is 0 Å². The van der Waals surface area contributed by atoms with E-state index in [1.54, 1.807) is 41.4 Å². The fraction of sp³-hybridized carbons (Fsp3) is 0.273. The van der Waals surface area contributed by atoms with Crippen molar-refractivity contribution in [3.8, 4) is 0 Å². The number of rotatable bonds is 6. The zero-order valence-electron chi connectivity index (χ0n) is 28.1. The van der Waals surface area contributed by atoms with Crippen molar-refractivity contribution >= 4 is 52.5 Å². The van der Waals surface area contributed by atoms with E-state index < -0.39 is 0 Å². The summed E-state index contributed by atoms with van der Waals surface area (Å²) in [7, 11) is 0. The van der Waals surface area contributed by atoms with Gasteiger partial charge in [0.2, 0.25) is 0 Å². The number of carbonyl (C=O) groups excluding carboxylic acids is 2. The Bertz CT molecular complexity index is 2220. The van der Waals surface area contributed by atoms with Crippen LogP contribution < -0.4 is 5.73 Å². The van der Waals surface area contributed by atoms with Crippen molar-refractivity contribution in [2.45, 2.75) is 106 Å². The summed E-state index contributed by atoms with van der Waals surface area (Å²) in [6.45, 7) is 0. The zero-order valence-corrected chi connectivity index (χ0v) is 30.6. The molecule has 0 aliphatic heterocycles. The first-order valence-electron chi connectivity index (χ1n) is 18.1. The maximum atomic E-state index is 15.0. The predicted molar refractivity (Wildman–Crippen MR) is 206 cm³/mol. The largest absolute Gasteiger partial charge is 0.398 e. The third-order valence-electron chi connectivity index (χ3n) is 10.9. The van der Waals surface area contributed by atoms with Gasteiger partial charge in [-0.1, -0.05) is 53.5 Å². The van der Waals surface area contributed by atoms with E-state index in [-0.39, 0.29) is 11.6 Å². The molecule has 250 valence electrons. The van der Waals surface area contributed by atoms with E-state index in [0.29, 0.717) is 27.9 Å². The van der Waals surface area contributed by atoms with Crippen LogP contribution in [0.3, 0.4) is 0 Å². The highest BCUT2D eigenvalue weighted by Gasteiger charge is 2.38. The molecule has 4 aliphatic carbocycles. The van der Waals surface area contributed by atoms with Crippen LogP contribution in [0.2, 0.25) is 0 Å². The molecule has 0 radical (unpaired) electrons. The molecule has 2 N–H and O–H groups in total. The fourth-order valence-corrected chi connectivity index (χ4v) is 11.4. The summed E-state index contributed by atoms with van der Waals surface area (Å²) >= 11 is 4.75. The van der Waals surface area contributed by atoms with E-state index in [4.69, 9.17) is 5.73 Å². The van der Waals surface area contributed by atoms with Crippen molar-refractivity contribution in [3.63, 3.8) is 0 Å². The van der Waals surface area contributed by atoms with Crippen LogP contribution in [0, 0.1) is 0 Å². The summed E-state index contributed by atoms with van der Waals surface area (Å²) < 4.78 is 0. The third kappa shape index (κ3) is 5.93. The van der Waals surface area contributed by atoms with Gasteiger partial charge in [-0.15, -0.1) is 0 Å². The molecule has 0 unspecified atom stereocenters. The number of nitrogens with two attached hydrogens (primary N) is 1. The van der Waals surface area contributed by atoms with Crippen LogP contribution in [0.5, 0.6) is 0 Å². The Hall–Kier alpha value is -3.71. The van der Waals surface area contributed by atoms with Crippen molar-refractivity contribution in [2.75, 3.05) is 5.73 Å². The van der Waals surface area contributed by atoms with E-state index in [9.17, 15) is 4.79 Å². The number of carbonyl (C=O) groups is 2. The predicted octanol–water partition coefficient (Wildman–Crippen LogP) is 11.1. The van der Waals surface area contributed by atoms with E-state index >= 15 is 4.79 Å². The molecule has 0 spiro atoms. The monoisotopic (exact) mass is 709 g/mol. The first-order valence-corrected chi connectivity index (χ1v) is 20.5. The topological polar surface area (TPSA) is 60.2 Å². The van der Waals surface area contributed by atoms with Crippen molar-refractivity contribution in [3.05, 3.63) is 134 Å². The van der Waals surface area contributed by atoms with Gasteiger partial charge in [0, 0.05) is 51.8 Å². The minimum Gasteiger partial charge on any atom is -0.398 e. The first-order chi connectivity index (χ1) is 24.5. The van der Waals surface area contributed by atoms with Crippen molar-refractivity contribution in [1.82, 2.24) is 0 Å². The normalized spacial score (nSPS) is 16.2. The molecule has 0 heterocycles. The highest BCUT2D eigenvalue weighted by molar-refractivity contribution is 8.00. The van der Waals surface area contributed by atoms with Crippen LogP contribution in [0.1, 0.15) is 104 Å². The van der Waals surface area contributed by atoms with Crippen LogP contribution in [-0.4, -0.2) is 11.6 Å². The van der Waals surface area contributed by atoms with Gasteiger partial charge in [-0.05, 0) is 171 Å². The van der Waals surface area contributed by atoms with Crippen LogP contribution >= 0.6 is 35.3 Å². The highest BCUT2D eigenvalue weighted by Crippen LogP contribution is 2.47. The molecular weight excluding hydrogens is 671 g/mol. The number of aryl methyl sites for hydroxylation is 6. The van der Waals surface area contributed by atoms with E-state index in [0.717, 1.165) is 67.9 Å². The lowest BCUT2D eigenvalue weighted by atomic mass is 9.83. The lowest BCUT2D eigenvalue weighted by Gasteiger charge is -2.26. The summed E-state index contributed by atoms with van der Waals surface area (Å²) in [5, 5.41) is 0. The molecule has 0 saturated carbocycles. The van der Waals surface area contributed by atoms with Crippen LogP contribution in [0.4, 0.5) is 5.69 Å². The van der Waals surface area contributed by atoms with Gasteiger partial charge in [-0.2, -0.15) is 0 Å². The highest BCUT2D eigenvalue weighted by atomic mass is 32.2. The zero-order chi connectivity index (χ0) is 33.8. The Balaban J connectivity index is 1.15. The number of anilines is 1. The number of fused-ring (bicyclic) bond motifs is 5. The van der Waals surface area contributed by atoms with Crippen molar-refractivity contribution in [2.24, 2.45) is 0 Å². The van der Waals surface area contributed by atoms with Gasteiger partial charge in [0.15, 0.2) is 11.6 Å². The second-order valence-electron chi connectivity index (χ2n) is 14.1. The maximum absolute atomic E-state index is 15.0. The Kier molecular flexibility index (Phi) is 8.66. The quantitative estimate of drug-likeness (QED) is 0.174. The van der Waals surface area contributed by atoms with Gasteiger partial charge < -0.3 is 5.73 Å². The van der Waals surface area contributed by atoms with Gasteiger partial charge >= 0.3 is 0 Å². The molecular formula is C44H39NO2S3. The molecule has 0 aromatic heterocycles. The number of benzene rings is 5. The Labute approximate surface area is 307 Å². The van der Waals surface area contributed by atoms with Gasteiger partial charge in [0.1, 0.15) is 0 Å². The summed E-state index contributed by atoms with van der Waals surface area (Å²) in [6.07, 6.45) is 14.0. The number of nitrogen functional groups attached to an aromatic ring is 1. The van der Waals surface area contributed by atoms with Crippen molar-refractivity contribution in [1.29, 1.82) is 0 Å². The average molecular weight is 710 g/mol. The smallest absolute Gasteiger partial charge is 0.197 e. The minimum absolute atomic E-state index is 0.115. The lowest BCUT2D eigenvalue weighted by molar-refractivity contribution is 0.0973. The molecule has 5 aromatic carbocycles. The molecule has 0 bridgehead atoms. The van der Waals surface area contributed by atoms with Crippen LogP contribution in [0.25, 0.3) is 0 Å². The van der Waals surface area contributed by atoms with E-state index in [2.05, 4.69) is 60.7 Å². The maximum Gasteiger partial charge on any atom is 0.197 e. The third-order valence-corrected chi connectivity index (χ3v) is 14.0. The molecule has 0 atom stereocenters. The van der Waals surface area contributed by atoms with Crippen molar-refractivity contribution < 1.29 is 9.59 Å². The second kappa shape index (κ2) is 13.4. The summed E-state index contributed by atoms with van der Waals surface area (Å²) in [5.41, 5.74) is 17.2. The van der Waals surface area contributed by atoms with E-state index in [1.807, 2.05) is 12.1 Å². The molecule has 5 aromatic rings. The number of hydrogen-bond acceptors (Lipinski definition) is 6. The Morgan fingerprint density at radius 3 is 1.10 bits per heavy atom. The Morgan fingerprint density at radius 1 is 0.380 bits per heavy atom. The molecule has 0 amide bonds. The lowest BCUT2D eigenvalue weighted by Crippen LogP contribution is -2.25. The summed E-state index contributed by atoms with van der Waals surface area (Å²) in [4.78, 5) is 35.6. The molecule has 4 aliphatic rings. The fourth-order valence-electron chi connectivity index (χ4n) is 8.29. The van der Waals surface area contributed by atoms with E-state index in [1.165, 1.54) is 71.9 Å². The first kappa shape index (κ1) is 32.2. The molecule has 0 saturated heterocycles. The van der Waals surface area contributed by atoms with Gasteiger partial charge in [0.05, 0.1) is 5.56 Å². The van der Waals surface area contributed by atoms with Crippen LogP contribution in [0.15, 0.2) is 108 Å². The SMILES string of the molecule is Nc1ccc(Sc2ccc3c(c2)CCCC3)c2c1C(=O)c1c(Sc3ccc4c(c3)CCCC4)ccc(Sc3ccc4c(c3)CCCC4)c1C2=O. The number of ketones is 2. The number of hydrogen-bond donors (Lipinski definition) is 1. The average Bonchev–Trinajstić information content (AvgIpc) is 3.15. The standard InChI is InChI=1S/C44H39NO2S3/c45-35-19-20-36(48-32-16-13-26-7-1-4-10-29(26)23-32)40-39(35)43(46)41-37(49-33-17-14-27-8-2-5-11-30(27)24-33)21-22-38(42(41)44(40)47)50-34-18-15-28-9-3-6-12-31(28)25-34/h13-25H,1-12,45H2. The van der Waals surface area contributed by atoms with Gasteiger partial charge in [0.25, 0.3) is 0 Å². The molecule has 3 nitrogen and oxygen atoms in total.